The lowest BCUT2D eigenvalue weighted by atomic mass is 10.1. The highest BCUT2D eigenvalue weighted by Gasteiger charge is 2.31. The average Bonchev–Trinajstić information content (AvgIpc) is 3.27. The zero-order chi connectivity index (χ0) is 21.7. The minimum absolute atomic E-state index is 0.0551. The summed E-state index contributed by atoms with van der Waals surface area (Å²) in [7, 11) is 0. The van der Waals surface area contributed by atoms with Crippen molar-refractivity contribution in [1.82, 2.24) is 29.9 Å². The molecule has 0 saturated carbocycles. The molecule has 30 heavy (non-hydrogen) atoms. The largest absolute Gasteiger partial charge is 0.419 e. The van der Waals surface area contributed by atoms with E-state index < -0.39 is 11.7 Å². The molecule has 1 atom stereocenters. The van der Waals surface area contributed by atoms with Crippen molar-refractivity contribution < 1.29 is 18.0 Å². The van der Waals surface area contributed by atoms with Gasteiger partial charge >= 0.3 is 6.18 Å². The van der Waals surface area contributed by atoms with Crippen LogP contribution in [0.3, 0.4) is 0 Å². The lowest BCUT2D eigenvalue weighted by Gasteiger charge is -2.29. The Balaban J connectivity index is 1.71. The molecule has 0 bridgehead atoms. The van der Waals surface area contributed by atoms with Gasteiger partial charge in [0.15, 0.2) is 0 Å². The van der Waals surface area contributed by atoms with Gasteiger partial charge < -0.3 is 10.2 Å². The number of anilines is 1. The molecule has 0 spiro atoms. The van der Waals surface area contributed by atoms with Gasteiger partial charge in [-0.05, 0) is 26.0 Å². The highest BCUT2D eigenvalue weighted by molar-refractivity contribution is 5.97. The van der Waals surface area contributed by atoms with Gasteiger partial charge in [0.2, 0.25) is 5.95 Å². The minimum Gasteiger partial charge on any atom is -0.352 e. The van der Waals surface area contributed by atoms with Crippen LogP contribution in [0, 0.1) is 0 Å². The molecule has 1 unspecified atom stereocenters. The van der Waals surface area contributed by atoms with Gasteiger partial charge in [0, 0.05) is 31.5 Å². The van der Waals surface area contributed by atoms with Gasteiger partial charge in [0.25, 0.3) is 5.91 Å². The normalized spacial score (nSPS) is 12.4. The van der Waals surface area contributed by atoms with Crippen LogP contribution in [-0.2, 0) is 6.18 Å². The fourth-order valence-electron chi connectivity index (χ4n) is 2.89. The van der Waals surface area contributed by atoms with Crippen molar-refractivity contribution in [1.29, 1.82) is 0 Å². The van der Waals surface area contributed by atoms with Crippen LogP contribution in [-0.4, -0.2) is 54.9 Å². The van der Waals surface area contributed by atoms with E-state index in [0.717, 1.165) is 12.4 Å². The second-order valence-corrected chi connectivity index (χ2v) is 6.45. The molecule has 1 amide bonds. The number of carbonyl (C=O) groups is 1. The summed E-state index contributed by atoms with van der Waals surface area (Å²) in [6.07, 6.45) is -0.00881. The van der Waals surface area contributed by atoms with Crippen LogP contribution in [0.4, 0.5) is 19.1 Å². The summed E-state index contributed by atoms with van der Waals surface area (Å²) in [5.41, 5.74) is 0.0701. The van der Waals surface area contributed by atoms with Crippen molar-refractivity contribution in [3.8, 4) is 5.69 Å². The molecule has 0 fully saturated rings. The van der Waals surface area contributed by atoms with Crippen LogP contribution >= 0.6 is 0 Å². The predicted octanol–water partition coefficient (Wildman–Crippen LogP) is 3.04. The van der Waals surface area contributed by atoms with Crippen molar-refractivity contribution in [3.63, 3.8) is 0 Å². The Kier molecular flexibility index (Phi) is 6.28. The van der Waals surface area contributed by atoms with Gasteiger partial charge in [-0.25, -0.2) is 9.97 Å². The molecular weight excluding hydrogens is 399 g/mol. The van der Waals surface area contributed by atoms with E-state index in [1.807, 2.05) is 13.8 Å². The first kappa shape index (κ1) is 21.2. The molecule has 0 aliphatic heterocycles. The summed E-state index contributed by atoms with van der Waals surface area (Å²) in [6.45, 7) is 4.36. The maximum atomic E-state index is 13.2. The number of likely N-dealkylation sites (N-methyl/N-ethyl adjacent to an activating group) is 1. The first-order valence-electron chi connectivity index (χ1n) is 9.21. The lowest BCUT2D eigenvalue weighted by molar-refractivity contribution is -0.138. The third-order valence-corrected chi connectivity index (χ3v) is 4.44. The van der Waals surface area contributed by atoms with Gasteiger partial charge in [-0.15, -0.1) is 0 Å². The number of hydrogen-bond donors (Lipinski definition) is 1. The van der Waals surface area contributed by atoms with Crippen molar-refractivity contribution in [2.45, 2.75) is 26.1 Å². The summed E-state index contributed by atoms with van der Waals surface area (Å²) in [4.78, 5) is 23.6. The first-order valence-corrected chi connectivity index (χ1v) is 9.21. The van der Waals surface area contributed by atoms with Crippen molar-refractivity contribution >= 4 is 11.9 Å². The molecule has 8 nitrogen and oxygen atoms in total. The number of nitrogens with one attached hydrogen (secondary N) is 1. The van der Waals surface area contributed by atoms with Crippen LogP contribution in [0.1, 0.15) is 29.8 Å². The number of carbonyl (C=O) groups excluding carboxylic acids is 1. The van der Waals surface area contributed by atoms with Crippen LogP contribution < -0.4 is 5.32 Å². The molecule has 158 valence electrons. The van der Waals surface area contributed by atoms with Crippen molar-refractivity contribution in [3.05, 3.63) is 60.2 Å². The Morgan fingerprint density at radius 1 is 1.17 bits per heavy atom. The zero-order valence-electron chi connectivity index (χ0n) is 16.3. The van der Waals surface area contributed by atoms with Gasteiger partial charge in [0.05, 0.1) is 29.2 Å². The molecule has 3 rings (SSSR count). The topological polar surface area (TPSA) is 88.8 Å². The number of benzene rings is 1. The molecule has 2 heterocycles. The Hall–Kier alpha value is -3.50. The molecule has 11 heteroatoms. The highest BCUT2D eigenvalue weighted by atomic mass is 19.4. The minimum atomic E-state index is -4.49. The standard InChI is InChI=1S/C19H20F3N7O/c1-3-28(13(2)10-23-18-24-11-14(12-25-18)19(20,21)22)17(30)15-6-4-5-7-16(15)29-26-8-9-27-29/h4-9,11-13H,3,10H2,1-2H3,(H,23,24,25). The van der Waals surface area contributed by atoms with Crippen LogP contribution in [0.15, 0.2) is 49.1 Å². The number of halogens is 3. The third kappa shape index (κ3) is 4.73. The van der Waals surface area contributed by atoms with E-state index in [9.17, 15) is 18.0 Å². The second kappa shape index (κ2) is 8.89. The van der Waals surface area contributed by atoms with Gasteiger partial charge in [0.1, 0.15) is 0 Å². The Labute approximate surface area is 170 Å². The molecule has 1 N–H and O–H groups in total. The van der Waals surface area contributed by atoms with Crippen molar-refractivity contribution in [2.75, 3.05) is 18.4 Å². The smallest absolute Gasteiger partial charge is 0.352 e. The van der Waals surface area contributed by atoms with Gasteiger partial charge in [-0.1, -0.05) is 12.1 Å². The summed E-state index contributed by atoms with van der Waals surface area (Å²) >= 11 is 0. The average molecular weight is 419 g/mol. The fourth-order valence-corrected chi connectivity index (χ4v) is 2.89. The number of rotatable bonds is 7. The van der Waals surface area contributed by atoms with E-state index >= 15 is 0 Å². The fraction of sp³-hybridized carbons (Fsp3) is 0.316. The summed E-state index contributed by atoms with van der Waals surface area (Å²) < 4.78 is 37.8. The number of amides is 1. The maximum absolute atomic E-state index is 13.2. The zero-order valence-corrected chi connectivity index (χ0v) is 16.3. The molecule has 1 aromatic carbocycles. The number of hydrogen-bond acceptors (Lipinski definition) is 6. The highest BCUT2D eigenvalue weighted by Crippen LogP contribution is 2.28. The van der Waals surface area contributed by atoms with E-state index in [-0.39, 0.29) is 24.4 Å². The van der Waals surface area contributed by atoms with E-state index in [1.54, 1.807) is 29.2 Å². The molecule has 0 aliphatic carbocycles. The van der Waals surface area contributed by atoms with Crippen molar-refractivity contribution in [2.24, 2.45) is 0 Å². The van der Waals surface area contributed by atoms with Crippen LogP contribution in [0.2, 0.25) is 0 Å². The Morgan fingerprint density at radius 3 is 2.40 bits per heavy atom. The molecule has 0 saturated heterocycles. The second-order valence-electron chi connectivity index (χ2n) is 6.45. The van der Waals surface area contributed by atoms with E-state index in [2.05, 4.69) is 25.5 Å². The predicted molar refractivity (Wildman–Crippen MR) is 103 cm³/mol. The monoisotopic (exact) mass is 419 g/mol. The Bertz CT molecular complexity index is 975. The van der Waals surface area contributed by atoms with E-state index in [4.69, 9.17) is 0 Å². The SMILES string of the molecule is CCN(C(=O)c1ccccc1-n1nccn1)C(C)CNc1ncc(C(F)(F)F)cn1. The van der Waals surface area contributed by atoms with Gasteiger partial charge in [-0.2, -0.15) is 28.2 Å². The maximum Gasteiger partial charge on any atom is 0.419 e. The van der Waals surface area contributed by atoms with E-state index in [0.29, 0.717) is 17.8 Å². The number of alkyl halides is 3. The summed E-state index contributed by atoms with van der Waals surface area (Å²) in [6, 6.07) is 6.71. The first-order chi connectivity index (χ1) is 14.3. The molecule has 0 radical (unpaired) electrons. The van der Waals surface area contributed by atoms with Crippen LogP contribution in [0.25, 0.3) is 5.69 Å². The summed E-state index contributed by atoms with van der Waals surface area (Å²) in [5.74, 6) is -0.160. The summed E-state index contributed by atoms with van der Waals surface area (Å²) in [5, 5.41) is 11.0. The lowest BCUT2D eigenvalue weighted by Crippen LogP contribution is -2.42. The van der Waals surface area contributed by atoms with Gasteiger partial charge in [-0.3, -0.25) is 4.79 Å². The molecule has 2 aromatic heterocycles. The number of aromatic nitrogens is 5. The quantitative estimate of drug-likeness (QED) is 0.633. The molecule has 0 aliphatic rings. The van der Waals surface area contributed by atoms with E-state index in [1.165, 1.54) is 17.2 Å². The molecular formula is C19H20F3N7O. The Morgan fingerprint density at radius 2 is 1.80 bits per heavy atom. The molecule has 3 aromatic rings. The van der Waals surface area contributed by atoms with Crippen LogP contribution in [0.5, 0.6) is 0 Å². The third-order valence-electron chi connectivity index (χ3n) is 4.44. The number of para-hydroxylation sites is 1. The number of nitrogens with zero attached hydrogens (tertiary/aromatic N) is 6.